The number of hydrogen-bond acceptors (Lipinski definition) is 4. The molecule has 0 atom stereocenters. The third-order valence-corrected chi connectivity index (χ3v) is 3.04. The third-order valence-electron chi connectivity index (χ3n) is 3.04. The average Bonchev–Trinajstić information content (AvgIpc) is 2.89. The van der Waals surface area contributed by atoms with E-state index in [0.29, 0.717) is 5.69 Å². The first-order valence-electron chi connectivity index (χ1n) is 5.90. The van der Waals surface area contributed by atoms with Gasteiger partial charge in [-0.1, -0.05) is 0 Å². The highest BCUT2D eigenvalue weighted by molar-refractivity contribution is 5.73. The van der Waals surface area contributed by atoms with Gasteiger partial charge in [0.25, 0.3) is 0 Å². The quantitative estimate of drug-likeness (QED) is 0.758. The fourth-order valence-electron chi connectivity index (χ4n) is 2.01. The average molecular weight is 251 g/mol. The van der Waals surface area contributed by atoms with Crippen molar-refractivity contribution in [3.63, 3.8) is 0 Å². The van der Waals surface area contributed by atoms with Gasteiger partial charge in [-0.25, -0.2) is 4.98 Å². The molecule has 3 aromatic heterocycles. The molecule has 0 saturated heterocycles. The highest BCUT2D eigenvalue weighted by Crippen LogP contribution is 2.27. The molecule has 0 unspecified atom stereocenters. The van der Waals surface area contributed by atoms with Crippen LogP contribution in [0.1, 0.15) is 5.56 Å². The smallest absolute Gasteiger partial charge is 0.0997 e. The highest BCUT2D eigenvalue weighted by atomic mass is 15.1. The van der Waals surface area contributed by atoms with Gasteiger partial charge in [-0.3, -0.25) is 14.5 Å². The molecule has 0 aliphatic carbocycles. The standard InChI is InChI=1S/C14H13N5/c1-10-2-4-17-7-13(10)19-9-18-8-14(19)11-6-16-5-3-12(11)15/h2-9H,1H3,(H2,15,16). The van der Waals surface area contributed by atoms with E-state index in [4.69, 9.17) is 5.73 Å². The van der Waals surface area contributed by atoms with Gasteiger partial charge in [0.15, 0.2) is 0 Å². The van der Waals surface area contributed by atoms with Gasteiger partial charge < -0.3 is 5.73 Å². The van der Waals surface area contributed by atoms with Crippen LogP contribution < -0.4 is 5.73 Å². The molecule has 0 aliphatic rings. The van der Waals surface area contributed by atoms with Crippen molar-refractivity contribution in [2.75, 3.05) is 5.73 Å². The van der Waals surface area contributed by atoms with Crippen molar-refractivity contribution in [3.8, 4) is 16.9 Å². The minimum absolute atomic E-state index is 0.679. The summed E-state index contributed by atoms with van der Waals surface area (Å²) in [4.78, 5) is 12.5. The van der Waals surface area contributed by atoms with E-state index >= 15 is 0 Å². The molecule has 0 fully saturated rings. The van der Waals surface area contributed by atoms with E-state index in [1.807, 2.05) is 23.8 Å². The van der Waals surface area contributed by atoms with Crippen molar-refractivity contribution in [1.82, 2.24) is 19.5 Å². The van der Waals surface area contributed by atoms with Gasteiger partial charge >= 0.3 is 0 Å². The summed E-state index contributed by atoms with van der Waals surface area (Å²) in [6.45, 7) is 2.04. The molecule has 3 rings (SSSR count). The molecule has 3 aromatic rings. The molecule has 0 saturated carbocycles. The first-order chi connectivity index (χ1) is 9.27. The lowest BCUT2D eigenvalue weighted by Gasteiger charge is -2.11. The lowest BCUT2D eigenvalue weighted by atomic mass is 10.1. The van der Waals surface area contributed by atoms with Crippen LogP contribution in [0.2, 0.25) is 0 Å². The van der Waals surface area contributed by atoms with E-state index in [2.05, 4.69) is 15.0 Å². The topological polar surface area (TPSA) is 69.6 Å². The van der Waals surface area contributed by atoms with Gasteiger partial charge in [-0.2, -0.15) is 0 Å². The molecule has 3 heterocycles. The van der Waals surface area contributed by atoms with Crippen molar-refractivity contribution in [1.29, 1.82) is 0 Å². The van der Waals surface area contributed by atoms with Crippen LogP contribution >= 0.6 is 0 Å². The molecule has 5 heteroatoms. The Morgan fingerprint density at radius 2 is 1.79 bits per heavy atom. The molecule has 0 bridgehead atoms. The molecule has 0 aliphatic heterocycles. The highest BCUT2D eigenvalue weighted by Gasteiger charge is 2.11. The summed E-state index contributed by atoms with van der Waals surface area (Å²) < 4.78 is 1.97. The van der Waals surface area contributed by atoms with Crippen LogP contribution in [0.3, 0.4) is 0 Å². The fourth-order valence-corrected chi connectivity index (χ4v) is 2.01. The number of nitrogens with zero attached hydrogens (tertiary/aromatic N) is 4. The van der Waals surface area contributed by atoms with Crippen LogP contribution in [-0.2, 0) is 0 Å². The van der Waals surface area contributed by atoms with Crippen molar-refractivity contribution in [3.05, 3.63) is 55.0 Å². The molecular weight excluding hydrogens is 238 g/mol. The maximum atomic E-state index is 6.00. The molecule has 19 heavy (non-hydrogen) atoms. The molecule has 94 valence electrons. The minimum Gasteiger partial charge on any atom is -0.398 e. The van der Waals surface area contributed by atoms with Crippen LogP contribution in [0.4, 0.5) is 5.69 Å². The SMILES string of the molecule is Cc1ccncc1-n1cncc1-c1cnccc1N. The predicted molar refractivity (Wildman–Crippen MR) is 73.7 cm³/mol. The monoisotopic (exact) mass is 251 g/mol. The van der Waals surface area contributed by atoms with Crippen molar-refractivity contribution in [2.24, 2.45) is 0 Å². The molecule has 0 radical (unpaired) electrons. The lowest BCUT2D eigenvalue weighted by Crippen LogP contribution is -2.00. The number of rotatable bonds is 2. The number of anilines is 1. The van der Waals surface area contributed by atoms with E-state index in [1.54, 1.807) is 37.2 Å². The minimum atomic E-state index is 0.679. The van der Waals surface area contributed by atoms with Crippen molar-refractivity contribution >= 4 is 5.69 Å². The fraction of sp³-hybridized carbons (Fsp3) is 0.0714. The van der Waals surface area contributed by atoms with Crippen LogP contribution in [0.5, 0.6) is 0 Å². The van der Waals surface area contributed by atoms with Crippen LogP contribution in [-0.4, -0.2) is 19.5 Å². The third kappa shape index (κ3) is 1.95. The Bertz CT molecular complexity index is 657. The van der Waals surface area contributed by atoms with E-state index < -0.39 is 0 Å². The summed E-state index contributed by atoms with van der Waals surface area (Å²) >= 11 is 0. The van der Waals surface area contributed by atoms with Crippen LogP contribution in [0.15, 0.2) is 49.4 Å². The van der Waals surface area contributed by atoms with E-state index in [0.717, 1.165) is 22.5 Å². The number of imidazole rings is 1. The van der Waals surface area contributed by atoms with Crippen LogP contribution in [0.25, 0.3) is 16.9 Å². The first kappa shape index (κ1) is 11.4. The summed E-state index contributed by atoms with van der Waals surface area (Å²) in [5.41, 5.74) is 10.6. The van der Waals surface area contributed by atoms with Crippen LogP contribution in [0, 0.1) is 6.92 Å². The number of nitrogen functional groups attached to an aromatic ring is 1. The Hall–Kier alpha value is -2.69. The van der Waals surface area contributed by atoms with E-state index in [1.165, 1.54) is 0 Å². The molecule has 2 N–H and O–H groups in total. The van der Waals surface area contributed by atoms with Gasteiger partial charge in [0.2, 0.25) is 0 Å². The Labute approximate surface area is 110 Å². The molecular formula is C14H13N5. The molecule has 0 aromatic carbocycles. The number of nitrogens with two attached hydrogens (primary N) is 1. The Morgan fingerprint density at radius 1 is 1.00 bits per heavy atom. The van der Waals surface area contributed by atoms with E-state index in [-0.39, 0.29) is 0 Å². The Balaban J connectivity index is 2.20. The number of pyridine rings is 2. The van der Waals surface area contributed by atoms with Crippen molar-refractivity contribution < 1.29 is 0 Å². The Morgan fingerprint density at radius 3 is 2.58 bits per heavy atom. The normalized spacial score (nSPS) is 10.6. The number of hydrogen-bond donors (Lipinski definition) is 1. The van der Waals surface area contributed by atoms with Gasteiger partial charge in [-0.15, -0.1) is 0 Å². The second-order valence-corrected chi connectivity index (χ2v) is 4.27. The molecule has 0 spiro atoms. The summed E-state index contributed by atoms with van der Waals surface area (Å²) in [5.74, 6) is 0. The lowest BCUT2D eigenvalue weighted by molar-refractivity contribution is 1.02. The zero-order chi connectivity index (χ0) is 13.2. The Kier molecular flexibility index (Phi) is 2.72. The second kappa shape index (κ2) is 4.53. The molecule has 5 nitrogen and oxygen atoms in total. The van der Waals surface area contributed by atoms with Gasteiger partial charge in [0.05, 0.1) is 30.1 Å². The van der Waals surface area contributed by atoms with Gasteiger partial charge in [0.1, 0.15) is 0 Å². The zero-order valence-corrected chi connectivity index (χ0v) is 10.5. The summed E-state index contributed by atoms with van der Waals surface area (Å²) in [5, 5.41) is 0. The number of aryl methyl sites for hydroxylation is 1. The zero-order valence-electron chi connectivity index (χ0n) is 10.5. The van der Waals surface area contributed by atoms with Crippen molar-refractivity contribution in [2.45, 2.75) is 6.92 Å². The summed E-state index contributed by atoms with van der Waals surface area (Å²) in [6, 6.07) is 3.74. The summed E-state index contributed by atoms with van der Waals surface area (Å²) in [7, 11) is 0. The second-order valence-electron chi connectivity index (χ2n) is 4.27. The maximum Gasteiger partial charge on any atom is 0.0997 e. The van der Waals surface area contributed by atoms with Gasteiger partial charge in [-0.05, 0) is 24.6 Å². The van der Waals surface area contributed by atoms with Gasteiger partial charge in [0, 0.05) is 29.8 Å². The maximum absolute atomic E-state index is 6.00. The predicted octanol–water partition coefficient (Wildman–Crippen LogP) is 2.22. The molecule has 0 amide bonds. The largest absolute Gasteiger partial charge is 0.398 e. The first-order valence-corrected chi connectivity index (χ1v) is 5.90. The number of aromatic nitrogens is 4. The summed E-state index contributed by atoms with van der Waals surface area (Å²) in [6.07, 6.45) is 10.5. The van der Waals surface area contributed by atoms with E-state index in [9.17, 15) is 0 Å².